The van der Waals surface area contributed by atoms with Crippen molar-refractivity contribution in [3.8, 4) is 0 Å². The van der Waals surface area contributed by atoms with Gasteiger partial charge in [0.05, 0.1) is 13.0 Å². The van der Waals surface area contributed by atoms with Gasteiger partial charge >= 0.3 is 5.97 Å². The van der Waals surface area contributed by atoms with Crippen LogP contribution in [0.25, 0.3) is 0 Å². The van der Waals surface area contributed by atoms with Crippen molar-refractivity contribution in [3.05, 3.63) is 71.0 Å². The van der Waals surface area contributed by atoms with Crippen molar-refractivity contribution < 1.29 is 18.7 Å². The summed E-state index contributed by atoms with van der Waals surface area (Å²) in [6.45, 7) is 4.21. The molecule has 1 atom stereocenters. The first-order valence-electron chi connectivity index (χ1n) is 8.09. The van der Waals surface area contributed by atoms with Gasteiger partial charge in [-0.3, -0.25) is 9.59 Å². The molecule has 2 aromatic rings. The molecule has 0 aromatic heterocycles. The maximum absolute atomic E-state index is 13.5. The van der Waals surface area contributed by atoms with Crippen molar-refractivity contribution in [2.45, 2.75) is 20.4 Å². The summed E-state index contributed by atoms with van der Waals surface area (Å²) in [6.07, 6.45) is 0. The number of nitrogens with zero attached hydrogens (tertiary/aromatic N) is 1. The number of ether oxygens (including phenoxy) is 1. The first kappa shape index (κ1) is 18.6. The van der Waals surface area contributed by atoms with Gasteiger partial charge in [0.1, 0.15) is 5.82 Å². The van der Waals surface area contributed by atoms with Crippen LogP contribution in [0.5, 0.6) is 0 Å². The zero-order chi connectivity index (χ0) is 18.4. The van der Waals surface area contributed by atoms with Crippen molar-refractivity contribution >= 4 is 11.9 Å². The summed E-state index contributed by atoms with van der Waals surface area (Å²) in [5.41, 5.74) is 2.31. The fraction of sp³-hybridized carbons (Fsp3) is 0.300. The van der Waals surface area contributed by atoms with Gasteiger partial charge in [0, 0.05) is 18.7 Å². The van der Waals surface area contributed by atoms with Gasteiger partial charge in [0.2, 0.25) is 0 Å². The zero-order valence-corrected chi connectivity index (χ0v) is 14.7. The molecule has 0 saturated carbocycles. The Morgan fingerprint density at radius 2 is 1.84 bits per heavy atom. The molecule has 2 rings (SSSR count). The summed E-state index contributed by atoms with van der Waals surface area (Å²) in [4.78, 5) is 26.1. The Kier molecular flexibility index (Phi) is 6.28. The van der Waals surface area contributed by atoms with E-state index in [-0.39, 0.29) is 24.0 Å². The van der Waals surface area contributed by atoms with E-state index >= 15 is 0 Å². The summed E-state index contributed by atoms with van der Waals surface area (Å²) >= 11 is 0. The number of hydrogen-bond acceptors (Lipinski definition) is 3. The average Bonchev–Trinajstić information content (AvgIpc) is 2.61. The molecule has 132 valence electrons. The summed E-state index contributed by atoms with van der Waals surface area (Å²) in [5, 5.41) is 0. The molecule has 1 amide bonds. The van der Waals surface area contributed by atoms with Crippen LogP contribution in [-0.4, -0.2) is 30.4 Å². The van der Waals surface area contributed by atoms with E-state index in [4.69, 9.17) is 4.74 Å². The second-order valence-electron chi connectivity index (χ2n) is 6.11. The lowest BCUT2D eigenvalue weighted by molar-refractivity contribution is -0.145. The SMILES string of the molecule is COC(=O)C(C)CN(Cc1ccc(C)cc1)C(=O)c1cccc(F)c1. The maximum Gasteiger partial charge on any atom is 0.310 e. The van der Waals surface area contributed by atoms with Crippen molar-refractivity contribution in [1.82, 2.24) is 4.90 Å². The van der Waals surface area contributed by atoms with Crippen LogP contribution in [0.1, 0.15) is 28.4 Å². The molecule has 2 aromatic carbocycles. The minimum absolute atomic E-state index is 0.190. The third-order valence-corrected chi connectivity index (χ3v) is 3.95. The predicted octanol–water partition coefficient (Wildman–Crippen LogP) is 3.59. The Labute approximate surface area is 147 Å². The summed E-state index contributed by atoms with van der Waals surface area (Å²) in [5.74, 6) is -1.66. The van der Waals surface area contributed by atoms with E-state index in [2.05, 4.69) is 0 Å². The molecule has 0 fully saturated rings. The van der Waals surface area contributed by atoms with E-state index in [9.17, 15) is 14.0 Å². The van der Waals surface area contributed by atoms with Gasteiger partial charge in [0.25, 0.3) is 5.91 Å². The predicted molar refractivity (Wildman–Crippen MR) is 93.5 cm³/mol. The van der Waals surface area contributed by atoms with Crippen LogP contribution >= 0.6 is 0 Å². The number of halogens is 1. The number of methoxy groups -OCH3 is 1. The van der Waals surface area contributed by atoms with E-state index < -0.39 is 11.7 Å². The van der Waals surface area contributed by atoms with Gasteiger partial charge in [-0.2, -0.15) is 0 Å². The van der Waals surface area contributed by atoms with Crippen LogP contribution < -0.4 is 0 Å². The minimum atomic E-state index is -0.479. The molecular formula is C20H22FNO3. The Bertz CT molecular complexity index is 743. The number of hydrogen-bond donors (Lipinski definition) is 0. The van der Waals surface area contributed by atoms with Crippen molar-refractivity contribution in [2.75, 3.05) is 13.7 Å². The fourth-order valence-electron chi connectivity index (χ4n) is 2.54. The molecule has 0 aliphatic rings. The van der Waals surface area contributed by atoms with Crippen LogP contribution in [0.3, 0.4) is 0 Å². The molecule has 4 nitrogen and oxygen atoms in total. The lowest BCUT2D eigenvalue weighted by atomic mass is 10.1. The number of benzene rings is 2. The monoisotopic (exact) mass is 343 g/mol. The molecule has 0 radical (unpaired) electrons. The molecule has 5 heteroatoms. The van der Waals surface area contributed by atoms with Gasteiger partial charge < -0.3 is 9.64 Å². The molecule has 25 heavy (non-hydrogen) atoms. The van der Waals surface area contributed by atoms with Gasteiger partial charge in [0.15, 0.2) is 0 Å². The standard InChI is InChI=1S/C20H22FNO3/c1-14-7-9-16(10-8-14)13-22(12-15(2)20(24)25-3)19(23)17-5-4-6-18(21)11-17/h4-11,15H,12-13H2,1-3H3. The lowest BCUT2D eigenvalue weighted by Crippen LogP contribution is -2.37. The van der Waals surface area contributed by atoms with Crippen molar-refractivity contribution in [3.63, 3.8) is 0 Å². The van der Waals surface area contributed by atoms with E-state index in [1.807, 2.05) is 31.2 Å². The van der Waals surface area contributed by atoms with E-state index in [0.29, 0.717) is 6.54 Å². The van der Waals surface area contributed by atoms with E-state index in [1.165, 1.54) is 25.3 Å². The van der Waals surface area contributed by atoms with Crippen LogP contribution in [-0.2, 0) is 16.1 Å². The molecule has 0 heterocycles. The third-order valence-electron chi connectivity index (χ3n) is 3.95. The van der Waals surface area contributed by atoms with Crippen LogP contribution in [0.4, 0.5) is 4.39 Å². The number of carbonyl (C=O) groups excluding carboxylic acids is 2. The Hall–Kier alpha value is -2.69. The molecule has 0 aliphatic carbocycles. The zero-order valence-electron chi connectivity index (χ0n) is 14.7. The molecule has 0 aliphatic heterocycles. The van der Waals surface area contributed by atoms with Gasteiger partial charge in [-0.15, -0.1) is 0 Å². The number of esters is 1. The van der Waals surface area contributed by atoms with Crippen LogP contribution in [0.15, 0.2) is 48.5 Å². The van der Waals surface area contributed by atoms with Crippen molar-refractivity contribution in [1.29, 1.82) is 0 Å². The Morgan fingerprint density at radius 3 is 2.44 bits per heavy atom. The normalized spacial score (nSPS) is 11.7. The molecule has 0 N–H and O–H groups in total. The van der Waals surface area contributed by atoms with Crippen molar-refractivity contribution in [2.24, 2.45) is 5.92 Å². The highest BCUT2D eigenvalue weighted by molar-refractivity contribution is 5.94. The number of amides is 1. The Balaban J connectivity index is 2.25. The number of aryl methyl sites for hydroxylation is 1. The van der Waals surface area contributed by atoms with E-state index in [1.54, 1.807) is 17.9 Å². The Morgan fingerprint density at radius 1 is 1.16 bits per heavy atom. The van der Waals surface area contributed by atoms with Crippen LogP contribution in [0.2, 0.25) is 0 Å². The van der Waals surface area contributed by atoms with Gasteiger partial charge in [-0.1, -0.05) is 42.8 Å². The second kappa shape index (κ2) is 8.42. The highest BCUT2D eigenvalue weighted by Gasteiger charge is 2.23. The third kappa shape index (κ3) is 5.14. The van der Waals surface area contributed by atoms with Gasteiger partial charge in [-0.05, 0) is 30.7 Å². The van der Waals surface area contributed by atoms with Gasteiger partial charge in [-0.25, -0.2) is 4.39 Å². The first-order valence-corrected chi connectivity index (χ1v) is 8.09. The number of rotatable bonds is 6. The minimum Gasteiger partial charge on any atom is -0.469 e. The topological polar surface area (TPSA) is 46.6 Å². The maximum atomic E-state index is 13.5. The lowest BCUT2D eigenvalue weighted by Gasteiger charge is -2.25. The van der Waals surface area contributed by atoms with E-state index in [0.717, 1.165) is 11.1 Å². The second-order valence-corrected chi connectivity index (χ2v) is 6.11. The summed E-state index contributed by atoms with van der Waals surface area (Å²) in [7, 11) is 1.32. The highest BCUT2D eigenvalue weighted by atomic mass is 19.1. The molecule has 1 unspecified atom stereocenters. The molecule has 0 spiro atoms. The average molecular weight is 343 g/mol. The highest BCUT2D eigenvalue weighted by Crippen LogP contribution is 2.15. The largest absolute Gasteiger partial charge is 0.469 e. The smallest absolute Gasteiger partial charge is 0.310 e. The molecular weight excluding hydrogens is 321 g/mol. The summed E-state index contributed by atoms with van der Waals surface area (Å²) in [6, 6.07) is 13.3. The molecule has 0 bridgehead atoms. The number of carbonyl (C=O) groups is 2. The molecule has 0 saturated heterocycles. The quantitative estimate of drug-likeness (QED) is 0.753. The first-order chi connectivity index (χ1) is 11.9. The summed E-state index contributed by atoms with van der Waals surface area (Å²) < 4.78 is 18.2. The van der Waals surface area contributed by atoms with Crippen LogP contribution in [0, 0.1) is 18.7 Å². The fourth-order valence-corrected chi connectivity index (χ4v) is 2.54.